The first-order valence-corrected chi connectivity index (χ1v) is 24.7. The molecule has 0 aliphatic rings. The number of nitrogens with zero attached hydrogens (tertiary/aromatic N) is 4. The van der Waals surface area contributed by atoms with Crippen LogP contribution in [0.1, 0.15) is 0 Å². The largest absolute Gasteiger partial charge is 0.309 e. The minimum Gasteiger partial charge on any atom is -0.309 e. The summed E-state index contributed by atoms with van der Waals surface area (Å²) in [5.74, 6) is 0. The molecular weight excluding hydrogens is 873 g/mol. The van der Waals surface area contributed by atoms with Crippen LogP contribution in [-0.4, -0.2) is 18.3 Å². The van der Waals surface area contributed by atoms with Gasteiger partial charge in [-0.3, -0.25) is 0 Å². The SMILES string of the molecule is c1ccc(-n2c(-c3cccc(-n4c5ccc(-c6ccc7c(c6)c6ccccc6n7-c6ccccc6)cc5c5cc(-c6ccc7c(c6)c6ccccc6n7-c6ccccc6)ccc54)c3)cc3ccccc32)cc1. The van der Waals surface area contributed by atoms with Gasteiger partial charge in [-0.1, -0.05) is 146 Å². The lowest BCUT2D eigenvalue weighted by atomic mass is 9.98. The molecule has 0 N–H and O–H groups in total. The van der Waals surface area contributed by atoms with E-state index in [4.69, 9.17) is 0 Å². The van der Waals surface area contributed by atoms with E-state index in [1.54, 1.807) is 0 Å². The lowest BCUT2D eigenvalue weighted by molar-refractivity contribution is 1.13. The Labute approximate surface area is 415 Å². The van der Waals surface area contributed by atoms with Crippen LogP contribution in [0.3, 0.4) is 0 Å². The van der Waals surface area contributed by atoms with Crippen molar-refractivity contribution in [3.63, 3.8) is 0 Å². The van der Waals surface area contributed by atoms with Crippen LogP contribution in [0.25, 0.3) is 133 Å². The van der Waals surface area contributed by atoms with Crippen molar-refractivity contribution in [1.82, 2.24) is 18.3 Å². The maximum Gasteiger partial charge on any atom is 0.0541 e. The summed E-state index contributed by atoms with van der Waals surface area (Å²) in [7, 11) is 0. The molecule has 15 rings (SSSR count). The van der Waals surface area contributed by atoms with Gasteiger partial charge in [0.25, 0.3) is 0 Å². The molecule has 0 aliphatic heterocycles. The molecule has 0 bridgehead atoms. The Bertz CT molecular complexity index is 4390. The van der Waals surface area contributed by atoms with Crippen molar-refractivity contribution in [3.8, 4) is 56.3 Å². The van der Waals surface area contributed by atoms with Gasteiger partial charge in [0.1, 0.15) is 0 Å². The Kier molecular flexibility index (Phi) is 8.92. The van der Waals surface area contributed by atoms with Crippen molar-refractivity contribution in [1.29, 1.82) is 0 Å². The molecule has 0 radical (unpaired) electrons. The van der Waals surface area contributed by atoms with Crippen molar-refractivity contribution < 1.29 is 0 Å². The standard InChI is InChI=1S/C68H44N4/c1-4-19-51(20-5-1)69-61-28-13-10-17-50(61)44-68(69)49-18-16-25-54(39-49)72-66-37-33-47(45-31-35-64-57(40-45)55-26-11-14-29-62(55)70(64)52-21-6-2-7-22-52)42-59(66)60-43-48(34-38-67(60)72)46-32-36-65-58(41-46)56-27-12-15-30-63(56)71(65)53-23-8-3-9-24-53/h1-44H. The number of rotatable bonds is 7. The second kappa shape index (κ2) is 16.0. The highest BCUT2D eigenvalue weighted by atomic mass is 15.0. The third-order valence-electron chi connectivity index (χ3n) is 14.9. The van der Waals surface area contributed by atoms with E-state index in [1.165, 1.54) is 87.5 Å². The van der Waals surface area contributed by atoms with Crippen LogP contribution in [0.15, 0.2) is 267 Å². The molecule has 4 heteroatoms. The van der Waals surface area contributed by atoms with Gasteiger partial charge < -0.3 is 18.3 Å². The number of hydrogen-bond acceptors (Lipinski definition) is 0. The summed E-state index contributed by atoms with van der Waals surface area (Å²) in [6.07, 6.45) is 0. The molecule has 4 nitrogen and oxygen atoms in total. The number of fused-ring (bicyclic) bond motifs is 10. The van der Waals surface area contributed by atoms with Crippen LogP contribution in [0.4, 0.5) is 0 Å². The molecule has 0 fully saturated rings. The number of aromatic nitrogens is 4. The van der Waals surface area contributed by atoms with Gasteiger partial charge >= 0.3 is 0 Å². The molecule has 336 valence electrons. The smallest absolute Gasteiger partial charge is 0.0541 e. The Balaban J connectivity index is 0.936. The minimum absolute atomic E-state index is 1.11. The molecule has 4 aromatic heterocycles. The molecule has 15 aromatic rings. The third-order valence-corrected chi connectivity index (χ3v) is 14.9. The average Bonchev–Trinajstić information content (AvgIpc) is 4.20. The summed E-state index contributed by atoms with van der Waals surface area (Å²) in [5.41, 5.74) is 19.9. The van der Waals surface area contributed by atoms with Gasteiger partial charge in [-0.25, -0.2) is 0 Å². The van der Waals surface area contributed by atoms with E-state index in [-0.39, 0.29) is 0 Å². The summed E-state index contributed by atoms with van der Waals surface area (Å²) in [6.45, 7) is 0. The highest BCUT2D eigenvalue weighted by Crippen LogP contribution is 2.42. The van der Waals surface area contributed by atoms with Gasteiger partial charge in [0, 0.05) is 66.0 Å². The Morgan fingerprint density at radius 2 is 0.528 bits per heavy atom. The fourth-order valence-electron chi connectivity index (χ4n) is 11.7. The van der Waals surface area contributed by atoms with Crippen LogP contribution in [0.5, 0.6) is 0 Å². The van der Waals surface area contributed by atoms with Gasteiger partial charge in [-0.15, -0.1) is 0 Å². The summed E-state index contributed by atoms with van der Waals surface area (Å²) in [5, 5.41) is 8.61. The molecule has 0 saturated heterocycles. The second-order valence-electron chi connectivity index (χ2n) is 18.9. The number of hydrogen-bond donors (Lipinski definition) is 0. The molecule has 0 saturated carbocycles. The van der Waals surface area contributed by atoms with Gasteiger partial charge in [-0.05, 0) is 144 Å². The van der Waals surface area contributed by atoms with Crippen LogP contribution in [0.2, 0.25) is 0 Å². The molecular formula is C68H44N4. The van der Waals surface area contributed by atoms with Crippen LogP contribution in [0, 0.1) is 0 Å². The van der Waals surface area contributed by atoms with Gasteiger partial charge in [-0.2, -0.15) is 0 Å². The lowest BCUT2D eigenvalue weighted by Gasteiger charge is -2.14. The summed E-state index contributed by atoms with van der Waals surface area (Å²) < 4.78 is 9.62. The lowest BCUT2D eigenvalue weighted by Crippen LogP contribution is -1.98. The van der Waals surface area contributed by atoms with E-state index in [1.807, 2.05) is 0 Å². The van der Waals surface area contributed by atoms with Crippen molar-refractivity contribution in [3.05, 3.63) is 267 Å². The van der Waals surface area contributed by atoms with E-state index in [0.717, 1.165) is 45.0 Å². The zero-order valence-corrected chi connectivity index (χ0v) is 39.2. The zero-order valence-electron chi connectivity index (χ0n) is 39.2. The molecule has 72 heavy (non-hydrogen) atoms. The summed E-state index contributed by atoms with van der Waals surface area (Å²) in [6, 6.07) is 97.8. The maximum absolute atomic E-state index is 2.46. The first-order valence-electron chi connectivity index (χ1n) is 24.7. The predicted molar refractivity (Wildman–Crippen MR) is 303 cm³/mol. The van der Waals surface area contributed by atoms with Crippen molar-refractivity contribution in [2.75, 3.05) is 0 Å². The van der Waals surface area contributed by atoms with Gasteiger partial charge in [0.2, 0.25) is 0 Å². The average molecular weight is 917 g/mol. The Morgan fingerprint density at radius 3 is 1.00 bits per heavy atom. The Hall–Kier alpha value is -9.64. The predicted octanol–water partition coefficient (Wildman–Crippen LogP) is 17.9. The second-order valence-corrected chi connectivity index (χ2v) is 18.9. The molecule has 0 unspecified atom stereocenters. The third kappa shape index (κ3) is 6.19. The monoisotopic (exact) mass is 916 g/mol. The fraction of sp³-hybridized carbons (Fsp3) is 0. The van der Waals surface area contributed by atoms with Crippen molar-refractivity contribution >= 4 is 76.3 Å². The van der Waals surface area contributed by atoms with E-state index < -0.39 is 0 Å². The van der Waals surface area contributed by atoms with Crippen molar-refractivity contribution in [2.45, 2.75) is 0 Å². The Morgan fingerprint density at radius 1 is 0.181 bits per heavy atom. The van der Waals surface area contributed by atoms with E-state index in [2.05, 4.69) is 285 Å². The molecule has 0 atom stereocenters. The van der Waals surface area contributed by atoms with Crippen LogP contribution in [-0.2, 0) is 0 Å². The van der Waals surface area contributed by atoms with Crippen LogP contribution >= 0.6 is 0 Å². The van der Waals surface area contributed by atoms with E-state index >= 15 is 0 Å². The molecule has 4 heterocycles. The van der Waals surface area contributed by atoms with Crippen molar-refractivity contribution in [2.24, 2.45) is 0 Å². The molecule has 0 aliphatic carbocycles. The number of benzene rings is 11. The van der Waals surface area contributed by atoms with Gasteiger partial charge in [0.05, 0.1) is 44.3 Å². The minimum atomic E-state index is 1.11. The topological polar surface area (TPSA) is 19.7 Å². The fourth-order valence-corrected chi connectivity index (χ4v) is 11.7. The van der Waals surface area contributed by atoms with Gasteiger partial charge in [0.15, 0.2) is 0 Å². The normalized spacial score (nSPS) is 11.9. The summed E-state index contributed by atoms with van der Waals surface area (Å²) in [4.78, 5) is 0. The maximum atomic E-state index is 2.46. The highest BCUT2D eigenvalue weighted by Gasteiger charge is 2.20. The molecule has 0 spiro atoms. The quantitative estimate of drug-likeness (QED) is 0.152. The first kappa shape index (κ1) is 40.3. The molecule has 11 aromatic carbocycles. The van der Waals surface area contributed by atoms with Crippen LogP contribution < -0.4 is 0 Å². The highest BCUT2D eigenvalue weighted by molar-refractivity contribution is 6.15. The molecule has 0 amide bonds. The number of para-hydroxylation sites is 6. The van der Waals surface area contributed by atoms with E-state index in [0.29, 0.717) is 0 Å². The summed E-state index contributed by atoms with van der Waals surface area (Å²) >= 11 is 0. The first-order chi connectivity index (χ1) is 35.7. The zero-order chi connectivity index (χ0) is 47.3. The van der Waals surface area contributed by atoms with E-state index in [9.17, 15) is 0 Å².